The summed E-state index contributed by atoms with van der Waals surface area (Å²) in [6.07, 6.45) is 1.07. The van der Waals surface area contributed by atoms with Gasteiger partial charge in [-0.05, 0) is 55.2 Å². The van der Waals surface area contributed by atoms with Crippen molar-refractivity contribution in [2.24, 2.45) is 0 Å². The highest BCUT2D eigenvalue weighted by atomic mass is 32.1. The lowest BCUT2D eigenvalue weighted by Crippen LogP contribution is -2.13. The zero-order chi connectivity index (χ0) is 21.8. The smallest absolute Gasteiger partial charge is 0.255 e. The number of benzene rings is 3. The van der Waals surface area contributed by atoms with Gasteiger partial charge in [0.1, 0.15) is 0 Å². The van der Waals surface area contributed by atoms with Crippen molar-refractivity contribution in [1.29, 1.82) is 0 Å². The van der Waals surface area contributed by atoms with Crippen LogP contribution in [0.3, 0.4) is 0 Å². The molecule has 4 aromatic rings. The van der Waals surface area contributed by atoms with E-state index in [1.807, 2.05) is 74.5 Å². The van der Waals surface area contributed by atoms with Gasteiger partial charge in [0.05, 0.1) is 10.2 Å². The molecule has 5 nitrogen and oxygen atoms in total. The molecule has 0 spiro atoms. The number of para-hydroxylation sites is 1. The van der Waals surface area contributed by atoms with Gasteiger partial charge in [0.2, 0.25) is 5.91 Å². The molecule has 0 saturated heterocycles. The molecule has 1 heterocycles. The van der Waals surface area contributed by atoms with Crippen molar-refractivity contribution in [1.82, 2.24) is 4.98 Å². The molecule has 0 fully saturated rings. The number of thiazole rings is 1. The van der Waals surface area contributed by atoms with E-state index >= 15 is 0 Å². The minimum Gasteiger partial charge on any atom is -0.322 e. The summed E-state index contributed by atoms with van der Waals surface area (Å²) >= 11 is 1.37. The first-order valence-electron chi connectivity index (χ1n) is 10.1. The Hall–Kier alpha value is -3.51. The molecule has 156 valence electrons. The first-order valence-corrected chi connectivity index (χ1v) is 10.9. The lowest BCUT2D eigenvalue weighted by atomic mass is 10.1. The van der Waals surface area contributed by atoms with E-state index < -0.39 is 0 Å². The minimum absolute atomic E-state index is 0.0732. The number of aromatic nitrogens is 1. The molecule has 1 aromatic heterocycles. The summed E-state index contributed by atoms with van der Waals surface area (Å²) < 4.78 is 0.854. The van der Waals surface area contributed by atoms with Crippen molar-refractivity contribution in [2.45, 2.75) is 26.7 Å². The number of anilines is 2. The maximum atomic E-state index is 12.8. The number of aryl methyl sites for hydroxylation is 3. The second kappa shape index (κ2) is 9.10. The van der Waals surface area contributed by atoms with E-state index in [1.54, 1.807) is 6.07 Å². The third-order valence-electron chi connectivity index (χ3n) is 5.10. The number of hydrogen-bond acceptors (Lipinski definition) is 4. The molecule has 0 unspecified atom stereocenters. The molecule has 4 rings (SSSR count). The zero-order valence-corrected chi connectivity index (χ0v) is 18.3. The molecular weight excluding hydrogens is 406 g/mol. The summed E-state index contributed by atoms with van der Waals surface area (Å²) in [6.45, 7) is 3.95. The molecule has 2 N–H and O–H groups in total. The van der Waals surface area contributed by atoms with Crippen molar-refractivity contribution in [3.63, 3.8) is 0 Å². The summed E-state index contributed by atoms with van der Waals surface area (Å²) in [5.41, 5.74) is 5.32. The van der Waals surface area contributed by atoms with Gasteiger partial charge in [0.25, 0.3) is 5.91 Å². The fourth-order valence-electron chi connectivity index (χ4n) is 3.40. The molecule has 2 amide bonds. The predicted molar refractivity (Wildman–Crippen MR) is 127 cm³/mol. The second-order valence-electron chi connectivity index (χ2n) is 7.46. The maximum Gasteiger partial charge on any atom is 0.255 e. The summed E-state index contributed by atoms with van der Waals surface area (Å²) in [6, 6.07) is 21.2. The van der Waals surface area contributed by atoms with Crippen LogP contribution in [0.5, 0.6) is 0 Å². The largest absolute Gasteiger partial charge is 0.322 e. The number of hydrogen-bond donors (Lipinski definition) is 2. The van der Waals surface area contributed by atoms with Crippen LogP contribution in [0.2, 0.25) is 0 Å². The highest BCUT2D eigenvalue weighted by molar-refractivity contribution is 7.22. The third-order valence-corrected chi connectivity index (χ3v) is 6.03. The van der Waals surface area contributed by atoms with E-state index in [2.05, 4.69) is 15.6 Å². The monoisotopic (exact) mass is 429 g/mol. The average molecular weight is 430 g/mol. The van der Waals surface area contributed by atoms with Crippen molar-refractivity contribution in [3.8, 4) is 0 Å². The summed E-state index contributed by atoms with van der Waals surface area (Å²) in [4.78, 5) is 29.5. The van der Waals surface area contributed by atoms with Crippen molar-refractivity contribution < 1.29 is 9.59 Å². The van der Waals surface area contributed by atoms with Gasteiger partial charge in [0.15, 0.2) is 5.13 Å². The standard InChI is InChI=1S/C25H23N3O2S/c1-16-7-6-8-17(2)23(16)28-24(30)19-12-13-20-21(15-19)31-25(26-20)27-22(29)14-11-18-9-4-3-5-10-18/h3-10,12-13,15H,11,14H2,1-2H3,(H,28,30)(H,26,27,29). The predicted octanol–water partition coefficient (Wildman–Crippen LogP) is 5.74. The lowest BCUT2D eigenvalue weighted by Gasteiger charge is -2.11. The Kier molecular flexibility index (Phi) is 6.09. The maximum absolute atomic E-state index is 12.8. The molecule has 0 aliphatic heterocycles. The highest BCUT2D eigenvalue weighted by Gasteiger charge is 2.13. The van der Waals surface area contributed by atoms with Gasteiger partial charge in [-0.1, -0.05) is 59.9 Å². The Balaban J connectivity index is 1.44. The molecule has 0 aliphatic rings. The molecule has 0 radical (unpaired) electrons. The Morgan fingerprint density at radius 1 is 0.903 bits per heavy atom. The SMILES string of the molecule is Cc1cccc(C)c1NC(=O)c1ccc2nc(NC(=O)CCc3ccccc3)sc2c1. The molecule has 0 bridgehead atoms. The van der Waals surface area contributed by atoms with Crippen LogP contribution >= 0.6 is 11.3 Å². The zero-order valence-electron chi connectivity index (χ0n) is 17.4. The molecule has 0 saturated carbocycles. The van der Waals surface area contributed by atoms with Crippen LogP contribution in [0.4, 0.5) is 10.8 Å². The quantitative estimate of drug-likeness (QED) is 0.411. The second-order valence-corrected chi connectivity index (χ2v) is 8.49. The third kappa shape index (κ3) is 4.98. The number of nitrogens with zero attached hydrogens (tertiary/aromatic N) is 1. The Labute approximate surface area is 185 Å². The van der Waals surface area contributed by atoms with Crippen molar-refractivity contribution in [2.75, 3.05) is 10.6 Å². The van der Waals surface area contributed by atoms with Gasteiger partial charge < -0.3 is 10.6 Å². The van der Waals surface area contributed by atoms with Crippen LogP contribution in [0.15, 0.2) is 66.7 Å². The minimum atomic E-state index is -0.166. The van der Waals surface area contributed by atoms with Gasteiger partial charge >= 0.3 is 0 Å². The summed E-state index contributed by atoms with van der Waals surface area (Å²) in [5.74, 6) is -0.239. The fourth-order valence-corrected chi connectivity index (χ4v) is 4.32. The lowest BCUT2D eigenvalue weighted by molar-refractivity contribution is -0.116. The fraction of sp³-hybridized carbons (Fsp3) is 0.160. The van der Waals surface area contributed by atoms with Gasteiger partial charge in [-0.3, -0.25) is 9.59 Å². The molecule has 3 aromatic carbocycles. The van der Waals surface area contributed by atoms with Crippen LogP contribution in [0.1, 0.15) is 33.5 Å². The summed E-state index contributed by atoms with van der Waals surface area (Å²) in [7, 11) is 0. The first-order chi connectivity index (χ1) is 15.0. The van der Waals surface area contributed by atoms with Gasteiger partial charge in [-0.15, -0.1) is 0 Å². The van der Waals surface area contributed by atoms with E-state index in [-0.39, 0.29) is 11.8 Å². The number of carbonyl (C=O) groups is 2. The topological polar surface area (TPSA) is 71.1 Å². The number of carbonyl (C=O) groups excluding carboxylic acids is 2. The van der Waals surface area contributed by atoms with Gasteiger partial charge in [0, 0.05) is 17.7 Å². The number of fused-ring (bicyclic) bond motifs is 1. The normalized spacial score (nSPS) is 10.8. The number of rotatable bonds is 6. The first kappa shape index (κ1) is 20.8. The van der Waals surface area contributed by atoms with E-state index in [0.717, 1.165) is 32.6 Å². The van der Waals surface area contributed by atoms with Crippen molar-refractivity contribution >= 4 is 44.2 Å². The Morgan fingerprint density at radius 3 is 2.39 bits per heavy atom. The van der Waals surface area contributed by atoms with Crippen LogP contribution in [-0.2, 0) is 11.2 Å². The van der Waals surface area contributed by atoms with Gasteiger partial charge in [-0.2, -0.15) is 0 Å². The average Bonchev–Trinajstić information content (AvgIpc) is 3.17. The molecule has 0 aliphatic carbocycles. The number of nitrogens with one attached hydrogen (secondary N) is 2. The van der Waals surface area contributed by atoms with E-state index in [9.17, 15) is 9.59 Å². The van der Waals surface area contributed by atoms with E-state index in [4.69, 9.17) is 0 Å². The van der Waals surface area contributed by atoms with Crippen LogP contribution in [0.25, 0.3) is 10.2 Å². The molecule has 6 heteroatoms. The number of amides is 2. The van der Waals surface area contributed by atoms with Crippen LogP contribution < -0.4 is 10.6 Å². The van der Waals surface area contributed by atoms with Crippen molar-refractivity contribution in [3.05, 3.63) is 89.0 Å². The molecule has 0 atom stereocenters. The van der Waals surface area contributed by atoms with Crippen LogP contribution in [0, 0.1) is 13.8 Å². The summed E-state index contributed by atoms with van der Waals surface area (Å²) in [5, 5.41) is 6.42. The van der Waals surface area contributed by atoms with Crippen LogP contribution in [-0.4, -0.2) is 16.8 Å². The molecular formula is C25H23N3O2S. The Morgan fingerprint density at radius 2 is 1.65 bits per heavy atom. The van der Waals surface area contributed by atoms with E-state index in [1.165, 1.54) is 11.3 Å². The Bertz CT molecular complexity index is 1230. The molecule has 31 heavy (non-hydrogen) atoms. The van der Waals surface area contributed by atoms with Gasteiger partial charge in [-0.25, -0.2) is 4.98 Å². The highest BCUT2D eigenvalue weighted by Crippen LogP contribution is 2.28. The van der Waals surface area contributed by atoms with E-state index in [0.29, 0.717) is 23.5 Å².